The van der Waals surface area contributed by atoms with Crippen LogP contribution in [0.15, 0.2) is 12.2 Å². The first-order valence-electron chi connectivity index (χ1n) is 18.6. The van der Waals surface area contributed by atoms with E-state index in [1.54, 1.807) is 0 Å². The van der Waals surface area contributed by atoms with Gasteiger partial charge >= 0.3 is 11.9 Å². The predicted octanol–water partition coefficient (Wildman–Crippen LogP) is 10.1. The summed E-state index contributed by atoms with van der Waals surface area (Å²) in [5.74, 6) is 0.335. The quantitative estimate of drug-likeness (QED) is 0.0438. The van der Waals surface area contributed by atoms with Gasteiger partial charge in [0.15, 0.2) is 0 Å². The Kier molecular flexibility index (Phi) is 32.7. The zero-order valence-corrected chi connectivity index (χ0v) is 30.3. The number of allylic oxidation sites excluding steroid dienone is 1. The Morgan fingerprint density at radius 3 is 1.87 bits per heavy atom. The molecule has 0 aliphatic rings. The van der Waals surface area contributed by atoms with Gasteiger partial charge in [0.25, 0.3) is 5.24 Å². The molecule has 0 aliphatic heterocycles. The Hall–Kier alpha value is -1.54. The molecule has 0 rings (SSSR count). The molecule has 0 atom stereocenters. The van der Waals surface area contributed by atoms with Crippen molar-refractivity contribution in [3.63, 3.8) is 0 Å². The summed E-state index contributed by atoms with van der Waals surface area (Å²) >= 11 is 1.26. The van der Waals surface area contributed by atoms with Crippen molar-refractivity contribution < 1.29 is 23.9 Å². The highest BCUT2D eigenvalue weighted by molar-refractivity contribution is 8.13. The summed E-state index contributed by atoms with van der Waals surface area (Å²) in [6.45, 7) is 8.70. The van der Waals surface area contributed by atoms with Crippen molar-refractivity contribution in [1.29, 1.82) is 0 Å². The molecule has 0 radical (unpaired) electrons. The number of carbonyl (C=O) groups excluding carboxylic acids is 3. The lowest BCUT2D eigenvalue weighted by Crippen LogP contribution is -2.31. The molecule has 7 nitrogen and oxygen atoms in total. The maximum atomic E-state index is 12.8. The van der Waals surface area contributed by atoms with E-state index in [0.717, 1.165) is 64.2 Å². The number of thioether (sulfide) groups is 1. The minimum absolute atomic E-state index is 0.0212. The van der Waals surface area contributed by atoms with E-state index in [1.807, 2.05) is 11.0 Å². The van der Waals surface area contributed by atoms with Crippen LogP contribution < -0.4 is 5.73 Å². The molecule has 8 heteroatoms. The molecule has 0 spiro atoms. The molecule has 45 heavy (non-hydrogen) atoms. The van der Waals surface area contributed by atoms with E-state index in [2.05, 4.69) is 26.8 Å². The average Bonchev–Trinajstić information content (AvgIpc) is 3.03. The molecule has 0 aliphatic carbocycles. The van der Waals surface area contributed by atoms with Gasteiger partial charge in [0.1, 0.15) is 12.7 Å². The highest BCUT2D eigenvalue weighted by Gasteiger charge is 2.17. The van der Waals surface area contributed by atoms with Gasteiger partial charge in [-0.1, -0.05) is 122 Å². The zero-order valence-electron chi connectivity index (χ0n) is 29.5. The molecule has 0 aromatic rings. The summed E-state index contributed by atoms with van der Waals surface area (Å²) in [6.07, 6.45) is 27.7. The van der Waals surface area contributed by atoms with Crippen LogP contribution >= 0.6 is 11.8 Å². The SMILES string of the molecule is CCCCCC/C=C\COC(=O)CCCCCCCN(CCCC(=O)OC(CCCCCC)CCCCCC)C(=O)SCCN. The normalized spacial score (nSPS) is 11.4. The van der Waals surface area contributed by atoms with E-state index in [0.29, 0.717) is 51.3 Å². The van der Waals surface area contributed by atoms with Gasteiger partial charge in [-0.2, -0.15) is 0 Å². The average molecular weight is 655 g/mol. The fourth-order valence-corrected chi connectivity index (χ4v) is 5.90. The van der Waals surface area contributed by atoms with Crippen molar-refractivity contribution in [2.75, 3.05) is 32.0 Å². The zero-order chi connectivity index (χ0) is 33.2. The van der Waals surface area contributed by atoms with E-state index in [4.69, 9.17) is 15.2 Å². The van der Waals surface area contributed by atoms with Gasteiger partial charge in [0, 0.05) is 38.2 Å². The molecule has 0 heterocycles. The monoisotopic (exact) mass is 655 g/mol. The van der Waals surface area contributed by atoms with Crippen molar-refractivity contribution >= 4 is 28.9 Å². The van der Waals surface area contributed by atoms with Crippen molar-refractivity contribution in [1.82, 2.24) is 4.90 Å². The third-order valence-electron chi connectivity index (χ3n) is 8.01. The number of nitrogens with two attached hydrogens (primary N) is 1. The Balaban J connectivity index is 4.34. The highest BCUT2D eigenvalue weighted by atomic mass is 32.2. The Morgan fingerprint density at radius 2 is 1.22 bits per heavy atom. The molecule has 0 saturated carbocycles. The third kappa shape index (κ3) is 29.6. The summed E-state index contributed by atoms with van der Waals surface area (Å²) < 4.78 is 11.2. The number of hydrogen-bond donors (Lipinski definition) is 1. The van der Waals surface area contributed by atoms with Crippen molar-refractivity contribution in [3.05, 3.63) is 12.2 Å². The van der Waals surface area contributed by atoms with Crippen LogP contribution in [0, 0.1) is 0 Å². The highest BCUT2D eigenvalue weighted by Crippen LogP contribution is 2.18. The lowest BCUT2D eigenvalue weighted by atomic mass is 10.0. The number of carbonyl (C=O) groups is 3. The van der Waals surface area contributed by atoms with E-state index in [9.17, 15) is 14.4 Å². The largest absolute Gasteiger partial charge is 0.462 e. The second kappa shape index (κ2) is 33.8. The van der Waals surface area contributed by atoms with Crippen LogP contribution in [0.3, 0.4) is 0 Å². The van der Waals surface area contributed by atoms with Gasteiger partial charge in [-0.15, -0.1) is 0 Å². The number of hydrogen-bond acceptors (Lipinski definition) is 7. The second-order valence-electron chi connectivity index (χ2n) is 12.3. The van der Waals surface area contributed by atoms with Crippen LogP contribution in [0.5, 0.6) is 0 Å². The van der Waals surface area contributed by atoms with Gasteiger partial charge in [-0.3, -0.25) is 14.4 Å². The summed E-state index contributed by atoms with van der Waals surface area (Å²) in [5.41, 5.74) is 5.63. The second-order valence-corrected chi connectivity index (χ2v) is 13.4. The Bertz CT molecular complexity index is 722. The first-order valence-corrected chi connectivity index (χ1v) is 19.6. The molecule has 0 saturated heterocycles. The van der Waals surface area contributed by atoms with Crippen LogP contribution in [-0.2, 0) is 19.1 Å². The molecular formula is C37H70N2O5S. The van der Waals surface area contributed by atoms with E-state index < -0.39 is 0 Å². The summed E-state index contributed by atoms with van der Waals surface area (Å²) in [5, 5.41) is 0.0382. The predicted molar refractivity (Wildman–Crippen MR) is 192 cm³/mol. The summed E-state index contributed by atoms with van der Waals surface area (Å²) in [4.78, 5) is 39.3. The maximum Gasteiger partial charge on any atom is 0.306 e. The summed E-state index contributed by atoms with van der Waals surface area (Å²) in [6, 6.07) is 0. The smallest absolute Gasteiger partial charge is 0.306 e. The van der Waals surface area contributed by atoms with E-state index in [-0.39, 0.29) is 23.3 Å². The van der Waals surface area contributed by atoms with Crippen molar-refractivity contribution in [2.24, 2.45) is 5.73 Å². The molecule has 2 N–H and O–H groups in total. The number of esters is 2. The van der Waals surface area contributed by atoms with Crippen LogP contribution in [0.1, 0.15) is 168 Å². The molecule has 0 aromatic carbocycles. The first kappa shape index (κ1) is 43.5. The molecule has 0 fully saturated rings. The minimum Gasteiger partial charge on any atom is -0.462 e. The number of amides is 1. The Morgan fingerprint density at radius 1 is 0.667 bits per heavy atom. The topological polar surface area (TPSA) is 98.9 Å². The van der Waals surface area contributed by atoms with Gasteiger partial charge in [-0.25, -0.2) is 0 Å². The Labute approximate surface area is 281 Å². The molecule has 264 valence electrons. The standard InChI is InChI=1S/C37H70N2O5S/c1-4-7-10-13-14-18-23-32-43-35(40)27-21-16-15-17-22-30-39(37(42)45-33-29-38)31-24-28-36(41)44-34(25-19-11-8-5-2)26-20-12-9-6-3/h18,23,34H,4-17,19-22,24-33,38H2,1-3H3/b23-18-. The molecule has 1 amide bonds. The molecule has 0 bridgehead atoms. The fraction of sp³-hybridized carbons (Fsp3) is 0.865. The number of nitrogens with zero attached hydrogens (tertiary/aromatic N) is 1. The van der Waals surface area contributed by atoms with Crippen LogP contribution in [0.2, 0.25) is 0 Å². The number of ether oxygens (including phenoxy) is 2. The molecule has 0 unspecified atom stereocenters. The third-order valence-corrected chi connectivity index (χ3v) is 8.95. The van der Waals surface area contributed by atoms with Crippen LogP contribution in [0.25, 0.3) is 0 Å². The summed E-state index contributed by atoms with van der Waals surface area (Å²) in [7, 11) is 0. The van der Waals surface area contributed by atoms with Gasteiger partial charge in [0.2, 0.25) is 0 Å². The van der Waals surface area contributed by atoms with E-state index in [1.165, 1.54) is 76.0 Å². The maximum absolute atomic E-state index is 12.8. The molecule has 0 aromatic heterocycles. The minimum atomic E-state index is -0.134. The van der Waals surface area contributed by atoms with Gasteiger partial charge in [-0.05, 0) is 57.8 Å². The van der Waals surface area contributed by atoms with Gasteiger partial charge in [0.05, 0.1) is 0 Å². The van der Waals surface area contributed by atoms with Gasteiger partial charge < -0.3 is 20.1 Å². The number of unbranched alkanes of at least 4 members (excludes halogenated alkanes) is 14. The van der Waals surface area contributed by atoms with Crippen molar-refractivity contribution in [3.8, 4) is 0 Å². The lowest BCUT2D eigenvalue weighted by molar-refractivity contribution is -0.150. The van der Waals surface area contributed by atoms with Crippen LogP contribution in [-0.4, -0.2) is 60.2 Å². The molecular weight excluding hydrogens is 584 g/mol. The van der Waals surface area contributed by atoms with Crippen LogP contribution in [0.4, 0.5) is 4.79 Å². The lowest BCUT2D eigenvalue weighted by Gasteiger charge is -2.22. The van der Waals surface area contributed by atoms with E-state index >= 15 is 0 Å². The fourth-order valence-electron chi connectivity index (χ4n) is 5.24. The first-order chi connectivity index (χ1) is 22.0. The van der Waals surface area contributed by atoms with Crippen molar-refractivity contribution in [2.45, 2.75) is 175 Å². The number of rotatable bonds is 32.